The fourth-order valence-corrected chi connectivity index (χ4v) is 1.86. The van der Waals surface area contributed by atoms with Gasteiger partial charge in [0, 0.05) is 32.6 Å². The van der Waals surface area contributed by atoms with Crippen LogP contribution in [0.1, 0.15) is 47.5 Å². The number of hydrogen-bond acceptors (Lipinski definition) is 3. The van der Waals surface area contributed by atoms with Crippen LogP contribution in [0.4, 0.5) is 0 Å². The van der Waals surface area contributed by atoms with Crippen LogP contribution < -0.4 is 10.6 Å². The molecule has 0 fully saturated rings. The molecule has 2 amide bonds. The smallest absolute Gasteiger partial charge is 0.236 e. The minimum Gasteiger partial charge on any atom is -0.355 e. The zero-order valence-corrected chi connectivity index (χ0v) is 13.7. The molecule has 1 atom stereocenters. The number of carbonyl (C=O) groups is 2. The lowest BCUT2D eigenvalue weighted by molar-refractivity contribution is -0.131. The Morgan fingerprint density at radius 3 is 2.15 bits per heavy atom. The zero-order chi connectivity index (χ0) is 15.5. The molecule has 0 aliphatic rings. The summed E-state index contributed by atoms with van der Waals surface area (Å²) >= 11 is 0. The van der Waals surface area contributed by atoms with Gasteiger partial charge in [-0.2, -0.15) is 0 Å². The molecule has 0 aromatic rings. The van der Waals surface area contributed by atoms with Crippen LogP contribution in [-0.2, 0) is 9.59 Å². The van der Waals surface area contributed by atoms with E-state index in [-0.39, 0.29) is 17.9 Å². The van der Waals surface area contributed by atoms with Gasteiger partial charge in [0.15, 0.2) is 0 Å². The quantitative estimate of drug-likeness (QED) is 0.637. The third-order valence-electron chi connectivity index (χ3n) is 3.32. The highest BCUT2D eigenvalue weighted by Gasteiger charge is 2.13. The van der Waals surface area contributed by atoms with Crippen molar-refractivity contribution in [2.45, 2.75) is 53.5 Å². The van der Waals surface area contributed by atoms with Crippen molar-refractivity contribution in [2.24, 2.45) is 5.92 Å². The molecule has 2 N–H and O–H groups in total. The molecule has 0 rings (SSSR count). The standard InChI is InChI=1S/C15H31N3O2/c1-6-18(7-2)14(19)9-11-16-13(5)15(20)17-10-8-12(3)4/h12-13,16H,6-11H2,1-5H3,(H,17,20). The molecule has 0 aliphatic heterocycles. The molecule has 1 unspecified atom stereocenters. The van der Waals surface area contributed by atoms with E-state index in [4.69, 9.17) is 0 Å². The molecule has 5 nitrogen and oxygen atoms in total. The number of nitrogens with one attached hydrogen (secondary N) is 2. The number of amides is 2. The molecule has 0 aliphatic carbocycles. The molecule has 0 aromatic carbocycles. The Labute approximate surface area is 123 Å². The maximum atomic E-state index is 11.8. The van der Waals surface area contributed by atoms with Crippen molar-refractivity contribution in [1.82, 2.24) is 15.5 Å². The first-order valence-electron chi connectivity index (χ1n) is 7.71. The van der Waals surface area contributed by atoms with Crippen molar-refractivity contribution in [3.63, 3.8) is 0 Å². The maximum absolute atomic E-state index is 11.8. The summed E-state index contributed by atoms with van der Waals surface area (Å²) in [7, 11) is 0. The van der Waals surface area contributed by atoms with Crippen LogP contribution in [0, 0.1) is 5.92 Å². The van der Waals surface area contributed by atoms with E-state index in [1.54, 1.807) is 4.90 Å². The van der Waals surface area contributed by atoms with E-state index >= 15 is 0 Å². The van der Waals surface area contributed by atoms with Crippen LogP contribution in [0.2, 0.25) is 0 Å². The number of rotatable bonds is 10. The van der Waals surface area contributed by atoms with Crippen molar-refractivity contribution >= 4 is 11.8 Å². The Kier molecular flexibility index (Phi) is 10.1. The monoisotopic (exact) mass is 285 g/mol. The van der Waals surface area contributed by atoms with Crippen molar-refractivity contribution in [3.8, 4) is 0 Å². The summed E-state index contributed by atoms with van der Waals surface area (Å²) < 4.78 is 0. The summed E-state index contributed by atoms with van der Waals surface area (Å²) in [5.41, 5.74) is 0. The molecule has 5 heteroatoms. The minimum atomic E-state index is -0.258. The van der Waals surface area contributed by atoms with E-state index < -0.39 is 0 Å². The summed E-state index contributed by atoms with van der Waals surface area (Å²) in [6.45, 7) is 12.8. The van der Waals surface area contributed by atoms with Gasteiger partial charge in [0.2, 0.25) is 11.8 Å². The van der Waals surface area contributed by atoms with Gasteiger partial charge in [0.1, 0.15) is 0 Å². The van der Waals surface area contributed by atoms with Gasteiger partial charge in [0.05, 0.1) is 6.04 Å². The number of carbonyl (C=O) groups excluding carboxylic acids is 2. The van der Waals surface area contributed by atoms with Crippen molar-refractivity contribution < 1.29 is 9.59 Å². The largest absolute Gasteiger partial charge is 0.355 e. The Bertz CT molecular complexity index is 289. The summed E-state index contributed by atoms with van der Waals surface area (Å²) in [6, 6.07) is -0.258. The Balaban J connectivity index is 3.84. The van der Waals surface area contributed by atoms with Gasteiger partial charge < -0.3 is 15.5 Å². The zero-order valence-electron chi connectivity index (χ0n) is 13.7. The fraction of sp³-hybridized carbons (Fsp3) is 0.867. The van der Waals surface area contributed by atoms with E-state index in [9.17, 15) is 9.59 Å². The average Bonchev–Trinajstić information content (AvgIpc) is 2.39. The average molecular weight is 285 g/mol. The molecule has 0 radical (unpaired) electrons. The Morgan fingerprint density at radius 2 is 1.65 bits per heavy atom. The van der Waals surface area contributed by atoms with E-state index in [0.29, 0.717) is 25.4 Å². The lowest BCUT2D eigenvalue weighted by atomic mass is 10.1. The second kappa shape index (κ2) is 10.7. The molecular formula is C15H31N3O2. The summed E-state index contributed by atoms with van der Waals surface area (Å²) in [6.07, 6.45) is 1.42. The number of nitrogens with zero attached hydrogens (tertiary/aromatic N) is 1. The van der Waals surface area contributed by atoms with Crippen molar-refractivity contribution in [2.75, 3.05) is 26.2 Å². The Morgan fingerprint density at radius 1 is 1.05 bits per heavy atom. The highest BCUT2D eigenvalue weighted by atomic mass is 16.2. The van der Waals surface area contributed by atoms with E-state index in [1.165, 1.54) is 0 Å². The molecule has 118 valence electrons. The second-order valence-electron chi connectivity index (χ2n) is 5.47. The van der Waals surface area contributed by atoms with Crippen LogP contribution in [-0.4, -0.2) is 48.9 Å². The van der Waals surface area contributed by atoms with Crippen LogP contribution in [0.3, 0.4) is 0 Å². The first-order valence-corrected chi connectivity index (χ1v) is 7.71. The van der Waals surface area contributed by atoms with E-state index in [1.807, 2.05) is 20.8 Å². The van der Waals surface area contributed by atoms with Crippen LogP contribution in [0.15, 0.2) is 0 Å². The van der Waals surface area contributed by atoms with Crippen LogP contribution in [0.25, 0.3) is 0 Å². The first-order chi connectivity index (χ1) is 9.42. The molecule has 0 aromatic heterocycles. The maximum Gasteiger partial charge on any atom is 0.236 e. The summed E-state index contributed by atoms with van der Waals surface area (Å²) in [5, 5.41) is 6.00. The SMILES string of the molecule is CCN(CC)C(=O)CCNC(C)C(=O)NCCC(C)C. The molecule has 0 spiro atoms. The lowest BCUT2D eigenvalue weighted by Gasteiger charge is -2.19. The summed E-state index contributed by atoms with van der Waals surface area (Å²) in [4.78, 5) is 25.4. The number of hydrogen-bond donors (Lipinski definition) is 2. The molecular weight excluding hydrogens is 254 g/mol. The van der Waals surface area contributed by atoms with E-state index in [0.717, 1.165) is 19.5 Å². The van der Waals surface area contributed by atoms with Crippen LogP contribution >= 0.6 is 0 Å². The molecule has 0 bridgehead atoms. The van der Waals surface area contributed by atoms with Gasteiger partial charge in [-0.05, 0) is 33.1 Å². The molecule has 0 heterocycles. The topological polar surface area (TPSA) is 61.4 Å². The lowest BCUT2D eigenvalue weighted by Crippen LogP contribution is -2.44. The van der Waals surface area contributed by atoms with Gasteiger partial charge in [-0.3, -0.25) is 9.59 Å². The predicted octanol–water partition coefficient (Wildman–Crippen LogP) is 1.39. The van der Waals surface area contributed by atoms with Crippen molar-refractivity contribution in [1.29, 1.82) is 0 Å². The Hall–Kier alpha value is -1.10. The second-order valence-corrected chi connectivity index (χ2v) is 5.47. The van der Waals surface area contributed by atoms with Gasteiger partial charge in [-0.1, -0.05) is 13.8 Å². The summed E-state index contributed by atoms with van der Waals surface area (Å²) in [5.74, 6) is 0.723. The third-order valence-corrected chi connectivity index (χ3v) is 3.32. The van der Waals surface area contributed by atoms with Gasteiger partial charge >= 0.3 is 0 Å². The first kappa shape index (κ1) is 18.9. The van der Waals surface area contributed by atoms with Crippen LogP contribution in [0.5, 0.6) is 0 Å². The van der Waals surface area contributed by atoms with Gasteiger partial charge in [-0.25, -0.2) is 0 Å². The normalized spacial score (nSPS) is 12.3. The minimum absolute atomic E-state index is 0.000869. The predicted molar refractivity (Wildman–Crippen MR) is 82.5 cm³/mol. The van der Waals surface area contributed by atoms with Gasteiger partial charge in [0.25, 0.3) is 0 Å². The fourth-order valence-electron chi connectivity index (χ4n) is 1.86. The van der Waals surface area contributed by atoms with Gasteiger partial charge in [-0.15, -0.1) is 0 Å². The van der Waals surface area contributed by atoms with Crippen molar-refractivity contribution in [3.05, 3.63) is 0 Å². The molecule has 20 heavy (non-hydrogen) atoms. The molecule has 0 saturated heterocycles. The third kappa shape index (κ3) is 8.15. The highest BCUT2D eigenvalue weighted by molar-refractivity contribution is 5.81. The van der Waals surface area contributed by atoms with E-state index in [2.05, 4.69) is 24.5 Å². The molecule has 0 saturated carbocycles. The highest BCUT2D eigenvalue weighted by Crippen LogP contribution is 1.97.